The van der Waals surface area contributed by atoms with Gasteiger partial charge in [-0.3, -0.25) is 8.74 Å². The van der Waals surface area contributed by atoms with Crippen LogP contribution in [0, 0.1) is 5.92 Å². The van der Waals surface area contributed by atoms with Gasteiger partial charge < -0.3 is 10.8 Å². The Morgan fingerprint density at radius 1 is 1.39 bits per heavy atom. The van der Waals surface area contributed by atoms with Gasteiger partial charge in [-0.05, 0) is 25.8 Å². The van der Waals surface area contributed by atoms with E-state index in [4.69, 9.17) is 15.4 Å². The van der Waals surface area contributed by atoms with Crippen LogP contribution in [0.1, 0.15) is 27.2 Å². The van der Waals surface area contributed by atoms with E-state index < -0.39 is 16.4 Å². The molecule has 0 aromatic rings. The van der Waals surface area contributed by atoms with Crippen molar-refractivity contribution in [1.82, 2.24) is 0 Å². The Morgan fingerprint density at radius 3 is 1.94 bits per heavy atom. The van der Waals surface area contributed by atoms with E-state index in [1.807, 2.05) is 20.8 Å². The summed E-state index contributed by atoms with van der Waals surface area (Å²) in [5.74, 6) is -0.759. The summed E-state index contributed by atoms with van der Waals surface area (Å²) in [5.41, 5.74) is 6.73. The van der Waals surface area contributed by atoms with E-state index in [0.29, 0.717) is 18.5 Å². The quantitative estimate of drug-likeness (QED) is 0.503. The maximum Gasteiger partial charge on any atom is 0.397 e. The third kappa shape index (κ3) is 10.2. The van der Waals surface area contributed by atoms with Crippen LogP contribution in [0.3, 0.4) is 0 Å². The SMILES string of the molecule is CC(CCN)=C(C(=O)O)C(C)C.COS(=O)(=O)O. The Bertz CT molecular complexity index is 385. The fraction of sp³-hybridized carbons (Fsp3) is 0.700. The second-order valence-electron chi connectivity index (χ2n) is 3.79. The Labute approximate surface area is 108 Å². The second-order valence-corrected chi connectivity index (χ2v) is 4.98. The van der Waals surface area contributed by atoms with Crippen molar-refractivity contribution in [3.05, 3.63) is 11.1 Å². The average Bonchev–Trinajstić information content (AvgIpc) is 2.16. The van der Waals surface area contributed by atoms with Gasteiger partial charge in [0.2, 0.25) is 0 Å². The summed E-state index contributed by atoms with van der Waals surface area (Å²) in [6.07, 6.45) is 0.666. The van der Waals surface area contributed by atoms with Crippen molar-refractivity contribution in [1.29, 1.82) is 0 Å². The number of carboxylic acids is 1. The molecule has 0 heterocycles. The van der Waals surface area contributed by atoms with Gasteiger partial charge >= 0.3 is 16.4 Å². The summed E-state index contributed by atoms with van der Waals surface area (Å²) in [6.45, 7) is 6.10. The van der Waals surface area contributed by atoms with Crippen molar-refractivity contribution in [2.75, 3.05) is 13.7 Å². The number of hydrogen-bond donors (Lipinski definition) is 3. The van der Waals surface area contributed by atoms with Crippen molar-refractivity contribution in [2.45, 2.75) is 27.2 Å². The lowest BCUT2D eigenvalue weighted by atomic mass is 9.96. The van der Waals surface area contributed by atoms with Gasteiger partial charge in [-0.15, -0.1) is 0 Å². The molecule has 8 heteroatoms. The fourth-order valence-electron chi connectivity index (χ4n) is 1.27. The Balaban J connectivity index is 0. The second kappa shape index (κ2) is 9.03. The molecule has 0 radical (unpaired) electrons. The first-order chi connectivity index (χ1) is 8.06. The van der Waals surface area contributed by atoms with Gasteiger partial charge in [0.05, 0.1) is 7.11 Å². The topological polar surface area (TPSA) is 127 Å². The Kier molecular flexibility index (Phi) is 9.73. The molecule has 0 fully saturated rings. The van der Waals surface area contributed by atoms with Crippen molar-refractivity contribution < 1.29 is 27.1 Å². The molecular weight excluding hydrogens is 262 g/mol. The molecule has 0 aliphatic carbocycles. The first-order valence-corrected chi connectivity index (χ1v) is 6.59. The average molecular weight is 283 g/mol. The van der Waals surface area contributed by atoms with Crippen LogP contribution in [0.25, 0.3) is 0 Å². The minimum absolute atomic E-state index is 0.0639. The number of hydrogen-bond acceptors (Lipinski definition) is 5. The summed E-state index contributed by atoms with van der Waals surface area (Å²) in [7, 11) is -3.29. The highest BCUT2D eigenvalue weighted by molar-refractivity contribution is 7.80. The number of aliphatic carboxylic acids is 1. The van der Waals surface area contributed by atoms with Crippen LogP contribution in [0.15, 0.2) is 11.1 Å². The van der Waals surface area contributed by atoms with Crippen LogP contribution in [0.5, 0.6) is 0 Å². The summed E-state index contributed by atoms with van der Waals surface area (Å²) in [5, 5.41) is 8.84. The minimum Gasteiger partial charge on any atom is -0.478 e. The predicted octanol–water partition coefficient (Wildman–Crippen LogP) is 0.828. The number of rotatable bonds is 5. The smallest absolute Gasteiger partial charge is 0.397 e. The van der Waals surface area contributed by atoms with E-state index in [1.165, 1.54) is 0 Å². The molecule has 7 nitrogen and oxygen atoms in total. The number of nitrogens with two attached hydrogens (primary N) is 1. The lowest BCUT2D eigenvalue weighted by Gasteiger charge is -2.10. The van der Waals surface area contributed by atoms with Crippen LogP contribution in [0.2, 0.25) is 0 Å². The third-order valence-electron chi connectivity index (χ3n) is 2.00. The first kappa shape index (κ1) is 19.4. The molecule has 0 unspecified atom stereocenters. The molecule has 0 aromatic heterocycles. The molecule has 0 aliphatic rings. The lowest BCUT2D eigenvalue weighted by molar-refractivity contribution is -0.133. The molecule has 0 saturated heterocycles. The zero-order valence-corrected chi connectivity index (χ0v) is 11.8. The molecule has 0 aromatic carbocycles. The normalized spacial score (nSPS) is 12.6. The van der Waals surface area contributed by atoms with E-state index in [2.05, 4.69) is 4.18 Å². The molecule has 108 valence electrons. The highest BCUT2D eigenvalue weighted by Gasteiger charge is 2.14. The maximum atomic E-state index is 10.8. The Morgan fingerprint density at radius 2 is 1.78 bits per heavy atom. The lowest BCUT2D eigenvalue weighted by Crippen LogP contribution is -2.11. The molecular formula is C10H21NO6S. The van der Waals surface area contributed by atoms with Crippen LogP contribution in [0.4, 0.5) is 0 Å². The minimum atomic E-state index is -4.16. The molecule has 0 aliphatic heterocycles. The molecule has 0 rings (SSSR count). The van der Waals surface area contributed by atoms with Crippen LogP contribution < -0.4 is 5.73 Å². The van der Waals surface area contributed by atoms with Crippen molar-refractivity contribution >= 4 is 16.4 Å². The Hall–Kier alpha value is -0.960. The zero-order chi connectivity index (χ0) is 14.9. The van der Waals surface area contributed by atoms with E-state index in [9.17, 15) is 13.2 Å². The first-order valence-electron chi connectivity index (χ1n) is 5.22. The van der Waals surface area contributed by atoms with Crippen LogP contribution >= 0.6 is 0 Å². The fourth-order valence-corrected chi connectivity index (χ4v) is 1.27. The van der Waals surface area contributed by atoms with E-state index >= 15 is 0 Å². The summed E-state index contributed by atoms with van der Waals surface area (Å²) >= 11 is 0. The van der Waals surface area contributed by atoms with Gasteiger partial charge in [0.1, 0.15) is 0 Å². The predicted molar refractivity (Wildman–Crippen MR) is 67.4 cm³/mol. The summed E-state index contributed by atoms with van der Waals surface area (Å²) in [6, 6.07) is 0. The van der Waals surface area contributed by atoms with Gasteiger partial charge in [0, 0.05) is 5.57 Å². The zero-order valence-electron chi connectivity index (χ0n) is 11.0. The molecule has 0 atom stereocenters. The summed E-state index contributed by atoms with van der Waals surface area (Å²) < 4.78 is 29.7. The monoisotopic (exact) mass is 283 g/mol. The van der Waals surface area contributed by atoms with E-state index in [0.717, 1.165) is 12.7 Å². The van der Waals surface area contributed by atoms with Gasteiger partial charge in [-0.25, -0.2) is 4.79 Å². The molecule has 0 amide bonds. The van der Waals surface area contributed by atoms with Crippen molar-refractivity contribution in [3.8, 4) is 0 Å². The largest absolute Gasteiger partial charge is 0.478 e. The maximum absolute atomic E-state index is 10.8. The van der Waals surface area contributed by atoms with Crippen molar-refractivity contribution in [2.24, 2.45) is 11.7 Å². The van der Waals surface area contributed by atoms with Gasteiger partial charge in [-0.2, -0.15) is 8.42 Å². The van der Waals surface area contributed by atoms with Gasteiger partial charge in [-0.1, -0.05) is 19.4 Å². The molecule has 0 saturated carbocycles. The molecule has 0 bridgehead atoms. The van der Waals surface area contributed by atoms with E-state index in [1.54, 1.807) is 0 Å². The van der Waals surface area contributed by atoms with Crippen LogP contribution in [-0.4, -0.2) is 37.7 Å². The highest BCUT2D eigenvalue weighted by Crippen LogP contribution is 2.16. The van der Waals surface area contributed by atoms with Crippen molar-refractivity contribution in [3.63, 3.8) is 0 Å². The van der Waals surface area contributed by atoms with E-state index in [-0.39, 0.29) is 5.92 Å². The molecule has 4 N–H and O–H groups in total. The molecule has 18 heavy (non-hydrogen) atoms. The third-order valence-corrected chi connectivity index (χ3v) is 2.42. The van der Waals surface area contributed by atoms with Gasteiger partial charge in [0.25, 0.3) is 0 Å². The number of carbonyl (C=O) groups is 1. The van der Waals surface area contributed by atoms with Gasteiger partial charge in [0.15, 0.2) is 0 Å². The standard InChI is InChI=1S/C9H17NO2.CH4O4S/c1-6(2)8(9(11)12)7(3)4-5-10;1-5-6(2,3)4/h6H,4-5,10H2,1-3H3,(H,11,12);1H3,(H,2,3,4). The molecule has 0 spiro atoms. The van der Waals surface area contributed by atoms with Crippen LogP contribution in [-0.2, 0) is 19.4 Å². The summed E-state index contributed by atoms with van der Waals surface area (Å²) in [4.78, 5) is 10.8. The number of carboxylic acid groups (broad SMARTS) is 1. The highest BCUT2D eigenvalue weighted by atomic mass is 32.3.